The second kappa shape index (κ2) is 5.50. The molecular formula is C14H21FN2. The van der Waals surface area contributed by atoms with E-state index in [1.165, 1.54) is 5.56 Å². The van der Waals surface area contributed by atoms with E-state index in [4.69, 9.17) is 0 Å². The summed E-state index contributed by atoms with van der Waals surface area (Å²) in [6, 6.07) is 6.22. The number of nitrogens with zero attached hydrogens (tertiary/aromatic N) is 1. The molecule has 1 heterocycles. The molecule has 17 heavy (non-hydrogen) atoms. The SMILES string of the molecule is CC(C)c1ccc(N2CCNCC2)c(CF)c1. The summed E-state index contributed by atoms with van der Waals surface area (Å²) in [5, 5.41) is 3.32. The summed E-state index contributed by atoms with van der Waals surface area (Å²) in [4.78, 5) is 2.27. The smallest absolute Gasteiger partial charge is 0.117 e. The molecule has 0 saturated carbocycles. The minimum atomic E-state index is -0.375. The Balaban J connectivity index is 2.26. The van der Waals surface area contributed by atoms with Crippen molar-refractivity contribution in [2.24, 2.45) is 0 Å². The highest BCUT2D eigenvalue weighted by molar-refractivity contribution is 5.55. The maximum Gasteiger partial charge on any atom is 0.117 e. The van der Waals surface area contributed by atoms with Crippen molar-refractivity contribution in [3.63, 3.8) is 0 Å². The summed E-state index contributed by atoms with van der Waals surface area (Å²) in [5.74, 6) is 0.456. The van der Waals surface area contributed by atoms with Gasteiger partial charge in [0.1, 0.15) is 6.67 Å². The monoisotopic (exact) mass is 236 g/mol. The molecule has 2 nitrogen and oxygen atoms in total. The van der Waals surface area contributed by atoms with Gasteiger partial charge < -0.3 is 10.2 Å². The molecule has 1 fully saturated rings. The van der Waals surface area contributed by atoms with Crippen molar-refractivity contribution in [1.29, 1.82) is 0 Å². The van der Waals surface area contributed by atoms with Crippen LogP contribution in [0.15, 0.2) is 18.2 Å². The largest absolute Gasteiger partial charge is 0.369 e. The Morgan fingerprint density at radius 3 is 2.59 bits per heavy atom. The number of hydrogen-bond donors (Lipinski definition) is 1. The number of benzene rings is 1. The maximum absolute atomic E-state index is 13.1. The summed E-state index contributed by atoms with van der Waals surface area (Å²) in [6.07, 6.45) is 0. The highest BCUT2D eigenvalue weighted by Crippen LogP contribution is 2.26. The molecule has 1 N–H and O–H groups in total. The van der Waals surface area contributed by atoms with E-state index in [1.54, 1.807) is 0 Å². The van der Waals surface area contributed by atoms with Gasteiger partial charge in [-0.1, -0.05) is 26.0 Å². The first-order chi connectivity index (χ1) is 8.22. The average Bonchev–Trinajstić information content (AvgIpc) is 2.39. The van der Waals surface area contributed by atoms with Crippen LogP contribution in [0.4, 0.5) is 10.1 Å². The predicted molar refractivity (Wildman–Crippen MR) is 70.4 cm³/mol. The summed E-state index contributed by atoms with van der Waals surface area (Å²) in [6.45, 7) is 7.81. The molecule has 0 unspecified atom stereocenters. The molecule has 1 aromatic carbocycles. The highest BCUT2D eigenvalue weighted by atomic mass is 19.1. The van der Waals surface area contributed by atoms with Crippen LogP contribution in [-0.2, 0) is 6.67 Å². The van der Waals surface area contributed by atoms with Gasteiger partial charge in [-0.15, -0.1) is 0 Å². The normalized spacial score (nSPS) is 16.6. The summed E-state index contributed by atoms with van der Waals surface area (Å²) < 4.78 is 13.1. The van der Waals surface area contributed by atoms with E-state index < -0.39 is 0 Å². The molecule has 1 aliphatic rings. The third-order valence-corrected chi connectivity index (χ3v) is 3.37. The average molecular weight is 236 g/mol. The van der Waals surface area contributed by atoms with Crippen molar-refractivity contribution in [2.45, 2.75) is 26.4 Å². The topological polar surface area (TPSA) is 15.3 Å². The van der Waals surface area contributed by atoms with Crippen LogP contribution >= 0.6 is 0 Å². The molecule has 1 aliphatic heterocycles. The van der Waals surface area contributed by atoms with Crippen LogP contribution in [0.25, 0.3) is 0 Å². The van der Waals surface area contributed by atoms with E-state index in [0.29, 0.717) is 5.92 Å². The van der Waals surface area contributed by atoms with Gasteiger partial charge in [0.25, 0.3) is 0 Å². The number of halogens is 1. The van der Waals surface area contributed by atoms with E-state index in [1.807, 2.05) is 6.07 Å². The van der Waals surface area contributed by atoms with Gasteiger partial charge in [0.05, 0.1) is 0 Å². The molecule has 0 atom stereocenters. The lowest BCUT2D eigenvalue weighted by molar-refractivity contribution is 0.482. The van der Waals surface area contributed by atoms with Crippen molar-refractivity contribution in [2.75, 3.05) is 31.1 Å². The number of piperazine rings is 1. The molecule has 0 aliphatic carbocycles. The molecule has 3 heteroatoms. The van der Waals surface area contributed by atoms with Crippen LogP contribution in [0.3, 0.4) is 0 Å². The second-order valence-corrected chi connectivity index (χ2v) is 4.91. The molecule has 0 radical (unpaired) electrons. The maximum atomic E-state index is 13.1. The molecule has 0 bridgehead atoms. The first kappa shape index (κ1) is 12.4. The van der Waals surface area contributed by atoms with Gasteiger partial charge in [-0.2, -0.15) is 0 Å². The van der Waals surface area contributed by atoms with E-state index in [9.17, 15) is 4.39 Å². The number of rotatable bonds is 3. The van der Waals surface area contributed by atoms with Crippen LogP contribution in [0.5, 0.6) is 0 Å². The van der Waals surface area contributed by atoms with Gasteiger partial charge in [-0.3, -0.25) is 0 Å². The minimum absolute atomic E-state index is 0.375. The van der Waals surface area contributed by atoms with E-state index in [2.05, 4.69) is 36.2 Å². The predicted octanol–water partition coefficient (Wildman–Crippen LogP) is 2.69. The fraction of sp³-hybridized carbons (Fsp3) is 0.571. The number of nitrogens with one attached hydrogen (secondary N) is 1. The molecule has 0 spiro atoms. The molecule has 94 valence electrons. The van der Waals surface area contributed by atoms with Crippen molar-refractivity contribution in [3.05, 3.63) is 29.3 Å². The quantitative estimate of drug-likeness (QED) is 0.868. The van der Waals surface area contributed by atoms with Gasteiger partial charge in [-0.25, -0.2) is 4.39 Å². The molecule has 1 aromatic rings. The minimum Gasteiger partial charge on any atom is -0.369 e. The Bertz CT molecular complexity index is 370. The van der Waals surface area contributed by atoms with Crippen LogP contribution in [0, 0.1) is 0 Å². The number of anilines is 1. The first-order valence-corrected chi connectivity index (χ1v) is 6.37. The van der Waals surface area contributed by atoms with Crippen LogP contribution in [-0.4, -0.2) is 26.2 Å². The van der Waals surface area contributed by atoms with Gasteiger partial charge in [0.2, 0.25) is 0 Å². The molecule has 1 saturated heterocycles. The van der Waals surface area contributed by atoms with Gasteiger partial charge in [0.15, 0.2) is 0 Å². The summed E-state index contributed by atoms with van der Waals surface area (Å²) in [7, 11) is 0. The Kier molecular flexibility index (Phi) is 4.00. The van der Waals surface area contributed by atoms with Crippen LogP contribution in [0.1, 0.15) is 30.9 Å². The lowest BCUT2D eigenvalue weighted by atomic mass is 9.99. The van der Waals surface area contributed by atoms with Crippen LogP contribution < -0.4 is 10.2 Å². The Labute approximate surface area is 103 Å². The standard InChI is InChI=1S/C14H21FN2/c1-11(2)12-3-4-14(13(9-12)10-15)17-7-5-16-6-8-17/h3-4,9,11,16H,5-8,10H2,1-2H3. The van der Waals surface area contributed by atoms with Gasteiger partial charge in [-0.05, 0) is 17.5 Å². The zero-order valence-corrected chi connectivity index (χ0v) is 10.7. The number of hydrogen-bond acceptors (Lipinski definition) is 2. The van der Waals surface area contributed by atoms with Crippen molar-refractivity contribution < 1.29 is 4.39 Å². The zero-order valence-electron chi connectivity index (χ0n) is 10.7. The lowest BCUT2D eigenvalue weighted by Gasteiger charge is -2.31. The van der Waals surface area contributed by atoms with E-state index in [0.717, 1.165) is 37.4 Å². The third kappa shape index (κ3) is 2.78. The van der Waals surface area contributed by atoms with Crippen molar-refractivity contribution >= 4 is 5.69 Å². The van der Waals surface area contributed by atoms with Crippen LogP contribution in [0.2, 0.25) is 0 Å². The Morgan fingerprint density at radius 1 is 1.29 bits per heavy atom. The number of alkyl halides is 1. The molecule has 0 aromatic heterocycles. The van der Waals surface area contributed by atoms with Gasteiger partial charge >= 0.3 is 0 Å². The third-order valence-electron chi connectivity index (χ3n) is 3.37. The first-order valence-electron chi connectivity index (χ1n) is 6.37. The van der Waals surface area contributed by atoms with E-state index >= 15 is 0 Å². The summed E-state index contributed by atoms with van der Waals surface area (Å²) in [5.41, 5.74) is 3.12. The Hall–Kier alpha value is -1.09. The fourth-order valence-electron chi connectivity index (χ4n) is 2.29. The highest BCUT2D eigenvalue weighted by Gasteiger charge is 2.14. The molecule has 2 rings (SSSR count). The van der Waals surface area contributed by atoms with Crippen molar-refractivity contribution in [1.82, 2.24) is 5.32 Å². The summed E-state index contributed by atoms with van der Waals surface area (Å²) >= 11 is 0. The van der Waals surface area contributed by atoms with Gasteiger partial charge in [0, 0.05) is 37.4 Å². The Morgan fingerprint density at radius 2 is 2.00 bits per heavy atom. The molecular weight excluding hydrogens is 215 g/mol. The molecule has 0 amide bonds. The lowest BCUT2D eigenvalue weighted by Crippen LogP contribution is -2.43. The second-order valence-electron chi connectivity index (χ2n) is 4.91. The van der Waals surface area contributed by atoms with E-state index in [-0.39, 0.29) is 6.67 Å². The van der Waals surface area contributed by atoms with Crippen molar-refractivity contribution in [3.8, 4) is 0 Å². The zero-order chi connectivity index (χ0) is 12.3. The fourth-order valence-corrected chi connectivity index (χ4v) is 2.29.